The Morgan fingerprint density at radius 3 is 1.63 bits per heavy atom. The van der Waals surface area contributed by atoms with Crippen molar-refractivity contribution in [2.45, 2.75) is 104 Å². The van der Waals surface area contributed by atoms with Crippen molar-refractivity contribution in [3.63, 3.8) is 0 Å². The minimum Gasteiger partial charge on any atom is -0.389 e. The first kappa shape index (κ1) is 25.6. The van der Waals surface area contributed by atoms with E-state index in [-0.39, 0.29) is 5.91 Å². The zero-order chi connectivity index (χ0) is 20.3. The van der Waals surface area contributed by atoms with Gasteiger partial charge in [-0.05, 0) is 57.8 Å². The van der Waals surface area contributed by atoms with E-state index >= 15 is 0 Å². The monoisotopic (exact) mass is 379 g/mol. The highest BCUT2D eigenvalue weighted by Crippen LogP contribution is 2.14. The summed E-state index contributed by atoms with van der Waals surface area (Å²) in [7, 11) is 0. The molecule has 0 aromatic carbocycles. The van der Waals surface area contributed by atoms with Crippen molar-refractivity contribution >= 4 is 5.91 Å². The molecule has 27 heavy (non-hydrogen) atoms. The van der Waals surface area contributed by atoms with Crippen molar-refractivity contribution in [3.8, 4) is 0 Å². The van der Waals surface area contributed by atoms with Gasteiger partial charge in [0.2, 0.25) is 5.91 Å². The molecule has 0 rings (SSSR count). The maximum absolute atomic E-state index is 12.0. The Balaban J connectivity index is 4.11. The van der Waals surface area contributed by atoms with Crippen molar-refractivity contribution in [1.29, 1.82) is 0 Å². The van der Waals surface area contributed by atoms with Gasteiger partial charge in [-0.3, -0.25) is 4.79 Å². The Bertz CT molecular complexity index is 378. The van der Waals surface area contributed by atoms with E-state index in [2.05, 4.69) is 49.9 Å². The zero-order valence-electron chi connectivity index (χ0n) is 18.3. The van der Waals surface area contributed by atoms with Gasteiger partial charge < -0.3 is 16.0 Å². The number of rotatable bonds is 19. The molecule has 4 nitrogen and oxygen atoms in total. The molecule has 0 aliphatic rings. The second-order valence-corrected chi connectivity index (χ2v) is 7.57. The number of amides is 1. The summed E-state index contributed by atoms with van der Waals surface area (Å²) in [6, 6.07) is 0.304. The maximum Gasteiger partial charge on any atom is 0.220 e. The van der Waals surface area contributed by atoms with Crippen LogP contribution in [0.3, 0.4) is 0 Å². The zero-order valence-corrected chi connectivity index (χ0v) is 18.3. The molecule has 0 radical (unpaired) electrons. The van der Waals surface area contributed by atoms with Crippen LogP contribution in [0, 0.1) is 0 Å². The quantitative estimate of drug-likeness (QED) is 0.263. The van der Waals surface area contributed by atoms with Gasteiger partial charge in [0.15, 0.2) is 0 Å². The molecule has 3 N–H and O–H groups in total. The third-order valence-corrected chi connectivity index (χ3v) is 4.65. The lowest BCUT2D eigenvalue weighted by molar-refractivity contribution is -0.121. The largest absolute Gasteiger partial charge is 0.389 e. The third kappa shape index (κ3) is 16.4. The Hall–Kier alpha value is -1.45. The smallest absolute Gasteiger partial charge is 0.220 e. The first-order valence-corrected chi connectivity index (χ1v) is 11.2. The van der Waals surface area contributed by atoms with Crippen molar-refractivity contribution in [2.24, 2.45) is 0 Å². The van der Waals surface area contributed by atoms with Gasteiger partial charge in [-0.1, -0.05) is 46.8 Å². The second kappa shape index (κ2) is 17.9. The standard InChI is InChI=1S/C23H45N3O/c1-6-13-23(27)26-22(16-11-9-14-20(4)24-18-7-2)17-12-10-15-21(5)25-19-8-3/h22,24-25H,4-19H2,1-3H3,(H,26,27). The Morgan fingerprint density at radius 1 is 0.741 bits per heavy atom. The topological polar surface area (TPSA) is 53.2 Å². The summed E-state index contributed by atoms with van der Waals surface area (Å²) >= 11 is 0. The van der Waals surface area contributed by atoms with Gasteiger partial charge in [-0.2, -0.15) is 0 Å². The number of carbonyl (C=O) groups is 1. The second-order valence-electron chi connectivity index (χ2n) is 7.57. The van der Waals surface area contributed by atoms with Crippen LogP contribution in [0.25, 0.3) is 0 Å². The van der Waals surface area contributed by atoms with E-state index in [1.165, 1.54) is 0 Å². The van der Waals surface area contributed by atoms with Crippen LogP contribution in [0.1, 0.15) is 97.8 Å². The van der Waals surface area contributed by atoms with Crippen molar-refractivity contribution in [1.82, 2.24) is 16.0 Å². The minimum absolute atomic E-state index is 0.200. The third-order valence-electron chi connectivity index (χ3n) is 4.65. The Morgan fingerprint density at radius 2 is 1.22 bits per heavy atom. The predicted octanol–water partition coefficient (Wildman–Crippen LogP) is 5.42. The number of carbonyl (C=O) groups excluding carboxylic acids is 1. The molecule has 1 amide bonds. The fraction of sp³-hybridized carbons (Fsp3) is 0.783. The number of hydrogen-bond acceptors (Lipinski definition) is 3. The fourth-order valence-electron chi connectivity index (χ4n) is 3.05. The summed E-state index contributed by atoms with van der Waals surface area (Å²) in [4.78, 5) is 12.0. The molecule has 0 heterocycles. The van der Waals surface area contributed by atoms with Crippen LogP contribution >= 0.6 is 0 Å². The summed E-state index contributed by atoms with van der Waals surface area (Å²) in [5.41, 5.74) is 2.28. The molecule has 0 unspecified atom stereocenters. The highest BCUT2D eigenvalue weighted by atomic mass is 16.1. The number of hydrogen-bond donors (Lipinski definition) is 3. The number of unbranched alkanes of at least 4 members (excludes halogenated alkanes) is 2. The average Bonchev–Trinajstić information content (AvgIpc) is 2.65. The fourth-order valence-corrected chi connectivity index (χ4v) is 3.05. The SMILES string of the molecule is C=C(CCCCC(CCCCC(=C)NCCC)NC(=O)CCC)NCCC. The highest BCUT2D eigenvalue weighted by molar-refractivity contribution is 5.76. The molecule has 0 aromatic rings. The van der Waals surface area contributed by atoms with Crippen molar-refractivity contribution < 1.29 is 4.79 Å². The van der Waals surface area contributed by atoms with Gasteiger partial charge in [-0.15, -0.1) is 0 Å². The summed E-state index contributed by atoms with van der Waals surface area (Å²) in [5, 5.41) is 9.96. The van der Waals surface area contributed by atoms with E-state index in [0.717, 1.165) is 95.1 Å². The molecule has 0 saturated carbocycles. The summed E-state index contributed by atoms with van der Waals surface area (Å²) < 4.78 is 0. The molecule has 0 atom stereocenters. The van der Waals surface area contributed by atoms with Gasteiger partial charge in [0, 0.05) is 36.9 Å². The Labute approximate surface area is 168 Å². The van der Waals surface area contributed by atoms with Crippen LogP contribution in [0.2, 0.25) is 0 Å². The molecular formula is C23H45N3O. The van der Waals surface area contributed by atoms with Crippen LogP contribution in [-0.2, 0) is 4.79 Å². The molecule has 0 aliphatic carbocycles. The molecule has 0 aliphatic heterocycles. The van der Waals surface area contributed by atoms with Crippen LogP contribution in [0.15, 0.2) is 24.6 Å². The molecule has 158 valence electrons. The van der Waals surface area contributed by atoms with Crippen molar-refractivity contribution in [3.05, 3.63) is 24.6 Å². The lowest BCUT2D eigenvalue weighted by Crippen LogP contribution is -2.34. The minimum atomic E-state index is 0.200. The van der Waals surface area contributed by atoms with Gasteiger partial charge in [0.25, 0.3) is 0 Å². The number of nitrogens with one attached hydrogen (secondary N) is 3. The molecule has 0 bridgehead atoms. The van der Waals surface area contributed by atoms with E-state index in [0.29, 0.717) is 12.5 Å². The van der Waals surface area contributed by atoms with E-state index in [4.69, 9.17) is 0 Å². The van der Waals surface area contributed by atoms with Gasteiger partial charge in [0.05, 0.1) is 0 Å². The summed E-state index contributed by atoms with van der Waals surface area (Å²) in [6.07, 6.45) is 12.5. The van der Waals surface area contributed by atoms with Crippen molar-refractivity contribution in [2.75, 3.05) is 13.1 Å². The van der Waals surface area contributed by atoms with E-state index < -0.39 is 0 Å². The van der Waals surface area contributed by atoms with E-state index in [1.54, 1.807) is 0 Å². The average molecular weight is 380 g/mol. The summed E-state index contributed by atoms with van der Waals surface area (Å²) in [6.45, 7) is 16.6. The predicted molar refractivity (Wildman–Crippen MR) is 119 cm³/mol. The molecule has 0 aromatic heterocycles. The lowest BCUT2D eigenvalue weighted by Gasteiger charge is -2.19. The van der Waals surface area contributed by atoms with E-state index in [1.807, 2.05) is 0 Å². The van der Waals surface area contributed by atoms with Crippen LogP contribution in [-0.4, -0.2) is 25.0 Å². The normalized spacial score (nSPS) is 10.7. The maximum atomic E-state index is 12.0. The molecule has 0 fully saturated rings. The molecular weight excluding hydrogens is 334 g/mol. The van der Waals surface area contributed by atoms with Crippen LogP contribution in [0.5, 0.6) is 0 Å². The molecule has 4 heteroatoms. The van der Waals surface area contributed by atoms with Crippen LogP contribution in [0.4, 0.5) is 0 Å². The van der Waals surface area contributed by atoms with Gasteiger partial charge in [-0.25, -0.2) is 0 Å². The number of allylic oxidation sites excluding steroid dienone is 2. The molecule has 0 saturated heterocycles. The summed E-state index contributed by atoms with van der Waals surface area (Å²) in [5.74, 6) is 0.200. The molecule has 0 spiro atoms. The van der Waals surface area contributed by atoms with Crippen LogP contribution < -0.4 is 16.0 Å². The van der Waals surface area contributed by atoms with E-state index in [9.17, 15) is 4.79 Å². The lowest BCUT2D eigenvalue weighted by atomic mass is 10.0. The Kier molecular flexibility index (Phi) is 17.0. The van der Waals surface area contributed by atoms with Gasteiger partial charge in [0.1, 0.15) is 0 Å². The first-order chi connectivity index (χ1) is 13.0. The van der Waals surface area contributed by atoms with Gasteiger partial charge >= 0.3 is 0 Å². The highest BCUT2D eigenvalue weighted by Gasteiger charge is 2.11. The first-order valence-electron chi connectivity index (χ1n) is 11.2.